The molecule has 0 radical (unpaired) electrons. The molecule has 1 atom stereocenters. The number of fused-ring (bicyclic) bond motifs is 1. The zero-order valence-electron chi connectivity index (χ0n) is 17.4. The van der Waals surface area contributed by atoms with E-state index in [1.54, 1.807) is 12.1 Å². The smallest absolute Gasteiger partial charge is 0.245 e. The highest BCUT2D eigenvalue weighted by atomic mass is 32.2. The molecule has 33 heavy (non-hydrogen) atoms. The standard InChI is InChI=1S/C21H19FN4O5S2/c1-33(30,31)19(20(29)24-9-18(28)25-11-4-5-11)21-26-15-8-14(22)13(7-17(15)32-21)12-3-2-6-23-16(12)10-27/h2-3,6-8,10-11,19H,4-5,9H2,1H3,(H,24,29)(H,25,28). The predicted molar refractivity (Wildman–Crippen MR) is 120 cm³/mol. The number of carbonyl (C=O) groups excluding carboxylic acids is 3. The molecule has 0 aliphatic heterocycles. The number of sulfone groups is 1. The lowest BCUT2D eigenvalue weighted by molar-refractivity contribution is -0.126. The summed E-state index contributed by atoms with van der Waals surface area (Å²) in [6.07, 6.45) is 4.58. The van der Waals surface area contributed by atoms with Crippen LogP contribution in [0, 0.1) is 5.82 Å². The summed E-state index contributed by atoms with van der Waals surface area (Å²) in [5.74, 6) is -1.97. The van der Waals surface area contributed by atoms with Crippen LogP contribution in [0.1, 0.15) is 33.6 Å². The van der Waals surface area contributed by atoms with Crippen molar-refractivity contribution < 1.29 is 27.2 Å². The van der Waals surface area contributed by atoms with Crippen molar-refractivity contribution in [2.45, 2.75) is 24.1 Å². The van der Waals surface area contributed by atoms with E-state index in [0.29, 0.717) is 11.0 Å². The second-order valence-electron chi connectivity index (χ2n) is 7.68. The number of pyridine rings is 1. The molecule has 0 saturated heterocycles. The Hall–Kier alpha value is -3.25. The summed E-state index contributed by atoms with van der Waals surface area (Å²) in [6, 6.07) is 5.77. The molecule has 2 aromatic heterocycles. The molecule has 4 rings (SSSR count). The maximum atomic E-state index is 14.8. The van der Waals surface area contributed by atoms with Gasteiger partial charge in [0.2, 0.25) is 11.8 Å². The number of rotatable bonds is 8. The number of benzene rings is 1. The van der Waals surface area contributed by atoms with Crippen LogP contribution in [-0.4, -0.2) is 55.3 Å². The summed E-state index contributed by atoms with van der Waals surface area (Å²) in [5.41, 5.74) is 0.602. The third-order valence-electron chi connectivity index (χ3n) is 4.99. The average Bonchev–Trinajstić information content (AvgIpc) is 3.48. The fourth-order valence-electron chi connectivity index (χ4n) is 3.28. The molecule has 1 unspecified atom stereocenters. The summed E-state index contributed by atoms with van der Waals surface area (Å²) in [6.45, 7) is -0.361. The molecule has 1 aromatic carbocycles. The van der Waals surface area contributed by atoms with E-state index in [1.165, 1.54) is 12.3 Å². The van der Waals surface area contributed by atoms with Crippen LogP contribution in [0.15, 0.2) is 30.5 Å². The first kappa shape index (κ1) is 22.9. The van der Waals surface area contributed by atoms with E-state index < -0.39 is 32.7 Å². The summed E-state index contributed by atoms with van der Waals surface area (Å²) < 4.78 is 40.1. The van der Waals surface area contributed by atoms with Gasteiger partial charge in [-0.2, -0.15) is 0 Å². The lowest BCUT2D eigenvalue weighted by atomic mass is 10.0. The van der Waals surface area contributed by atoms with Gasteiger partial charge in [-0.1, -0.05) is 6.07 Å². The average molecular weight is 491 g/mol. The van der Waals surface area contributed by atoms with Crippen LogP contribution < -0.4 is 10.6 Å². The van der Waals surface area contributed by atoms with Crippen LogP contribution in [0.25, 0.3) is 21.3 Å². The highest BCUT2D eigenvalue weighted by Gasteiger charge is 2.34. The number of aromatic nitrogens is 2. The Morgan fingerprint density at radius 2 is 2.06 bits per heavy atom. The first-order valence-electron chi connectivity index (χ1n) is 9.94. The van der Waals surface area contributed by atoms with Gasteiger partial charge in [0.1, 0.15) is 16.5 Å². The normalized spacial score (nSPS) is 14.6. The number of halogens is 1. The summed E-state index contributed by atoms with van der Waals surface area (Å²) >= 11 is 0.919. The zero-order chi connectivity index (χ0) is 23.8. The Kier molecular flexibility index (Phi) is 6.21. The molecule has 1 saturated carbocycles. The van der Waals surface area contributed by atoms with Crippen LogP contribution in [0.5, 0.6) is 0 Å². The molecule has 1 aliphatic carbocycles. The van der Waals surface area contributed by atoms with Crippen molar-refractivity contribution in [2.75, 3.05) is 12.8 Å². The SMILES string of the molecule is CS(=O)(=O)C(C(=O)NCC(=O)NC1CC1)c1nc2cc(F)c(-c3cccnc3C=O)cc2s1. The van der Waals surface area contributed by atoms with E-state index in [-0.39, 0.29) is 39.9 Å². The van der Waals surface area contributed by atoms with E-state index in [1.807, 2.05) is 0 Å². The van der Waals surface area contributed by atoms with Gasteiger partial charge in [0, 0.05) is 35.7 Å². The molecule has 1 aliphatic rings. The van der Waals surface area contributed by atoms with Crippen molar-refractivity contribution in [3.8, 4) is 11.1 Å². The highest BCUT2D eigenvalue weighted by molar-refractivity contribution is 7.91. The number of hydrogen-bond acceptors (Lipinski definition) is 8. The van der Waals surface area contributed by atoms with Crippen LogP contribution >= 0.6 is 11.3 Å². The molecule has 0 bridgehead atoms. The van der Waals surface area contributed by atoms with Crippen molar-refractivity contribution in [2.24, 2.45) is 0 Å². The first-order valence-corrected chi connectivity index (χ1v) is 12.7. The monoisotopic (exact) mass is 490 g/mol. The number of nitrogens with one attached hydrogen (secondary N) is 2. The van der Waals surface area contributed by atoms with Crippen molar-refractivity contribution in [3.63, 3.8) is 0 Å². The molecule has 2 N–H and O–H groups in total. The van der Waals surface area contributed by atoms with E-state index in [9.17, 15) is 27.2 Å². The van der Waals surface area contributed by atoms with Gasteiger partial charge in [-0.15, -0.1) is 11.3 Å². The minimum atomic E-state index is -3.95. The van der Waals surface area contributed by atoms with Gasteiger partial charge in [0.25, 0.3) is 0 Å². The zero-order valence-corrected chi connectivity index (χ0v) is 19.0. The van der Waals surface area contributed by atoms with Gasteiger partial charge in [-0.05, 0) is 25.0 Å². The summed E-state index contributed by atoms with van der Waals surface area (Å²) in [7, 11) is -3.95. The molecule has 0 spiro atoms. The molecule has 172 valence electrons. The minimum absolute atomic E-state index is 0.0500. The third kappa shape index (κ3) is 5.06. The number of nitrogens with zero attached hydrogens (tertiary/aromatic N) is 2. The maximum Gasteiger partial charge on any atom is 0.245 e. The quantitative estimate of drug-likeness (QED) is 0.460. The molecule has 2 amide bonds. The highest BCUT2D eigenvalue weighted by Crippen LogP contribution is 2.35. The molecule has 2 heterocycles. The van der Waals surface area contributed by atoms with E-state index in [0.717, 1.165) is 36.5 Å². The van der Waals surface area contributed by atoms with Crippen molar-refractivity contribution in [1.29, 1.82) is 0 Å². The van der Waals surface area contributed by atoms with Crippen molar-refractivity contribution in [1.82, 2.24) is 20.6 Å². The number of aldehydes is 1. The number of carbonyl (C=O) groups is 3. The fourth-order valence-corrected chi connectivity index (χ4v) is 5.81. The maximum absolute atomic E-state index is 14.8. The van der Waals surface area contributed by atoms with E-state index >= 15 is 0 Å². The molecular weight excluding hydrogens is 471 g/mol. The van der Waals surface area contributed by atoms with E-state index in [2.05, 4.69) is 20.6 Å². The molecule has 1 fully saturated rings. The van der Waals surface area contributed by atoms with Crippen molar-refractivity contribution >= 4 is 49.5 Å². The number of hydrogen-bond donors (Lipinski definition) is 2. The van der Waals surface area contributed by atoms with Crippen LogP contribution in [0.2, 0.25) is 0 Å². The van der Waals surface area contributed by atoms with Crippen LogP contribution in [-0.2, 0) is 19.4 Å². The van der Waals surface area contributed by atoms with Gasteiger partial charge < -0.3 is 10.6 Å². The topological polar surface area (TPSA) is 135 Å². The minimum Gasteiger partial charge on any atom is -0.352 e. The summed E-state index contributed by atoms with van der Waals surface area (Å²) in [5, 5.41) is 3.34. The molecule has 3 aromatic rings. The number of amides is 2. The Morgan fingerprint density at radius 3 is 2.73 bits per heavy atom. The molecular formula is C21H19FN4O5S2. The second-order valence-corrected chi connectivity index (χ2v) is 10.9. The third-order valence-corrected chi connectivity index (χ3v) is 7.52. The van der Waals surface area contributed by atoms with Gasteiger partial charge in [0.05, 0.1) is 16.8 Å². The lowest BCUT2D eigenvalue weighted by Gasteiger charge is -2.12. The Bertz CT molecular complexity index is 1370. The fraction of sp³-hybridized carbons (Fsp3) is 0.286. The first-order chi connectivity index (χ1) is 15.7. The molecule has 12 heteroatoms. The Balaban J connectivity index is 1.66. The van der Waals surface area contributed by atoms with Crippen LogP contribution in [0.3, 0.4) is 0 Å². The van der Waals surface area contributed by atoms with Crippen molar-refractivity contribution in [3.05, 3.63) is 47.0 Å². The second kappa shape index (κ2) is 8.94. The predicted octanol–water partition coefficient (Wildman–Crippen LogP) is 1.79. The largest absolute Gasteiger partial charge is 0.352 e. The van der Waals surface area contributed by atoms with Gasteiger partial charge in [-0.25, -0.2) is 17.8 Å². The van der Waals surface area contributed by atoms with Gasteiger partial charge >= 0.3 is 0 Å². The summed E-state index contributed by atoms with van der Waals surface area (Å²) in [4.78, 5) is 43.9. The number of thiazole rings is 1. The van der Waals surface area contributed by atoms with Gasteiger partial charge in [0.15, 0.2) is 21.4 Å². The lowest BCUT2D eigenvalue weighted by Crippen LogP contribution is -2.41. The van der Waals surface area contributed by atoms with Crippen LogP contribution in [0.4, 0.5) is 4.39 Å². The molecule has 9 nitrogen and oxygen atoms in total. The Morgan fingerprint density at radius 1 is 1.30 bits per heavy atom. The van der Waals surface area contributed by atoms with E-state index in [4.69, 9.17) is 0 Å². The van der Waals surface area contributed by atoms with Gasteiger partial charge in [-0.3, -0.25) is 19.4 Å². The Labute approximate surface area is 192 Å².